The molecule has 0 aromatic heterocycles. The molecule has 2 aromatic rings. The molecule has 0 aliphatic rings. The summed E-state index contributed by atoms with van der Waals surface area (Å²) < 4.78 is 34.0. The number of anilines is 1. The van der Waals surface area contributed by atoms with E-state index in [1.54, 1.807) is 73.7 Å². The number of methoxy groups -OCH3 is 1. The van der Waals surface area contributed by atoms with Crippen LogP contribution >= 0.6 is 0 Å². The van der Waals surface area contributed by atoms with Gasteiger partial charge in [0.05, 0.1) is 19.4 Å². The summed E-state index contributed by atoms with van der Waals surface area (Å²) in [5, 5.41) is 2.74. The number of benzene rings is 2. The van der Waals surface area contributed by atoms with Gasteiger partial charge in [-0.15, -0.1) is 0 Å². The first-order chi connectivity index (χ1) is 12.4. The second kappa shape index (κ2) is 9.21. The van der Waals surface area contributed by atoms with Crippen LogP contribution in [0.15, 0.2) is 54.6 Å². The maximum atomic E-state index is 12.0. The van der Waals surface area contributed by atoms with Gasteiger partial charge in [0.25, 0.3) is 0 Å². The molecule has 0 spiro atoms. The Hall–Kier alpha value is -2.58. The maximum Gasteiger partial charge on any atom is 0.310 e. The molecule has 0 atom stereocenters. The number of para-hydroxylation sites is 1. The van der Waals surface area contributed by atoms with Crippen molar-refractivity contribution in [3.8, 4) is 11.5 Å². The van der Waals surface area contributed by atoms with E-state index >= 15 is 0 Å². The van der Waals surface area contributed by atoms with Crippen LogP contribution in [0.5, 0.6) is 11.5 Å². The van der Waals surface area contributed by atoms with Crippen LogP contribution in [0.1, 0.15) is 0 Å². The third kappa shape index (κ3) is 6.73. The van der Waals surface area contributed by atoms with Gasteiger partial charge in [0.1, 0.15) is 11.5 Å². The second-order valence-corrected chi connectivity index (χ2v) is 7.36. The van der Waals surface area contributed by atoms with Crippen molar-refractivity contribution < 1.29 is 22.1 Å². The van der Waals surface area contributed by atoms with E-state index in [2.05, 4.69) is 5.32 Å². The number of ether oxygens (including phenoxy) is 1. The van der Waals surface area contributed by atoms with Gasteiger partial charge in [-0.05, 0) is 43.4 Å². The summed E-state index contributed by atoms with van der Waals surface area (Å²) in [6, 6.07) is 15.3. The standard InChI is InChI=1S/C18H22N2O5S/c1-20(12-13-26(22,23)25-17-6-4-3-5-7-17)14-18(21)19-15-8-10-16(24-2)11-9-15/h3-11H,12-14H2,1-2H3,(H,19,21). The van der Waals surface area contributed by atoms with Crippen molar-refractivity contribution in [3.05, 3.63) is 54.6 Å². The zero-order valence-corrected chi connectivity index (χ0v) is 15.5. The number of amides is 1. The summed E-state index contributed by atoms with van der Waals surface area (Å²) in [4.78, 5) is 13.6. The van der Waals surface area contributed by atoms with E-state index in [0.29, 0.717) is 11.4 Å². The Morgan fingerprint density at radius 3 is 2.31 bits per heavy atom. The molecular weight excluding hydrogens is 356 g/mol. The Labute approximate surface area is 153 Å². The molecule has 7 nitrogen and oxygen atoms in total. The molecule has 0 heterocycles. The summed E-state index contributed by atoms with van der Waals surface area (Å²) in [5.41, 5.74) is 0.643. The minimum absolute atomic E-state index is 0.0624. The molecule has 0 fully saturated rings. The van der Waals surface area contributed by atoms with Crippen LogP contribution in [-0.4, -0.2) is 52.2 Å². The quantitative estimate of drug-likeness (QED) is 0.672. The molecule has 0 aliphatic heterocycles. The molecule has 1 N–H and O–H groups in total. The highest BCUT2D eigenvalue weighted by molar-refractivity contribution is 7.87. The molecule has 2 rings (SSSR count). The molecule has 0 radical (unpaired) electrons. The van der Waals surface area contributed by atoms with Crippen LogP contribution in [0.2, 0.25) is 0 Å². The largest absolute Gasteiger partial charge is 0.497 e. The number of hydrogen-bond acceptors (Lipinski definition) is 6. The smallest absolute Gasteiger partial charge is 0.310 e. The normalized spacial score (nSPS) is 11.2. The summed E-state index contributed by atoms with van der Waals surface area (Å²) >= 11 is 0. The van der Waals surface area contributed by atoms with E-state index in [1.807, 2.05) is 0 Å². The Kier molecular flexibility index (Phi) is 6.99. The van der Waals surface area contributed by atoms with Gasteiger partial charge in [0.15, 0.2) is 0 Å². The Bertz CT molecular complexity index is 807. The molecule has 26 heavy (non-hydrogen) atoms. The van der Waals surface area contributed by atoms with E-state index < -0.39 is 10.1 Å². The summed E-state index contributed by atoms with van der Waals surface area (Å²) in [6.45, 7) is 0.234. The molecule has 0 saturated carbocycles. The van der Waals surface area contributed by atoms with Gasteiger partial charge >= 0.3 is 10.1 Å². The fourth-order valence-corrected chi connectivity index (χ4v) is 3.15. The van der Waals surface area contributed by atoms with E-state index in [-0.39, 0.29) is 30.5 Å². The fraction of sp³-hybridized carbons (Fsp3) is 0.278. The lowest BCUT2D eigenvalue weighted by atomic mass is 10.3. The zero-order chi connectivity index (χ0) is 19.0. The number of hydrogen-bond donors (Lipinski definition) is 1. The monoisotopic (exact) mass is 378 g/mol. The number of carbonyl (C=O) groups is 1. The van der Waals surface area contributed by atoms with Crippen molar-refractivity contribution >= 4 is 21.7 Å². The topological polar surface area (TPSA) is 84.9 Å². The minimum Gasteiger partial charge on any atom is -0.497 e. The first kappa shape index (κ1) is 19.7. The van der Waals surface area contributed by atoms with Crippen molar-refractivity contribution in [2.75, 3.05) is 38.3 Å². The number of carbonyl (C=O) groups excluding carboxylic acids is 1. The van der Waals surface area contributed by atoms with E-state index in [9.17, 15) is 13.2 Å². The highest BCUT2D eigenvalue weighted by atomic mass is 32.2. The van der Waals surface area contributed by atoms with Crippen LogP contribution < -0.4 is 14.2 Å². The zero-order valence-electron chi connectivity index (χ0n) is 14.7. The number of rotatable bonds is 9. The van der Waals surface area contributed by atoms with Crippen LogP contribution in [0.3, 0.4) is 0 Å². The van der Waals surface area contributed by atoms with Crippen molar-refractivity contribution in [1.82, 2.24) is 4.90 Å². The van der Waals surface area contributed by atoms with Gasteiger partial charge in [0.2, 0.25) is 5.91 Å². The lowest BCUT2D eigenvalue weighted by Gasteiger charge is -2.16. The molecule has 0 bridgehead atoms. The Morgan fingerprint density at radius 2 is 1.69 bits per heavy atom. The highest BCUT2D eigenvalue weighted by Crippen LogP contribution is 2.15. The van der Waals surface area contributed by atoms with Crippen LogP contribution in [0, 0.1) is 0 Å². The van der Waals surface area contributed by atoms with E-state index in [0.717, 1.165) is 0 Å². The molecule has 8 heteroatoms. The highest BCUT2D eigenvalue weighted by Gasteiger charge is 2.15. The molecule has 0 saturated heterocycles. The fourth-order valence-electron chi connectivity index (χ4n) is 2.13. The summed E-state index contributed by atoms with van der Waals surface area (Å²) in [6.07, 6.45) is 0. The lowest BCUT2D eigenvalue weighted by molar-refractivity contribution is -0.117. The Balaban J connectivity index is 1.78. The van der Waals surface area contributed by atoms with Gasteiger partial charge in [0, 0.05) is 12.2 Å². The van der Waals surface area contributed by atoms with Gasteiger partial charge < -0.3 is 14.2 Å². The summed E-state index contributed by atoms with van der Waals surface area (Å²) in [5.74, 6) is 0.518. The molecule has 0 aliphatic carbocycles. The van der Waals surface area contributed by atoms with Gasteiger partial charge in [-0.2, -0.15) is 8.42 Å². The SMILES string of the molecule is COc1ccc(NC(=O)CN(C)CCS(=O)(=O)Oc2ccccc2)cc1. The predicted octanol–water partition coefficient (Wildman–Crippen LogP) is 1.97. The Morgan fingerprint density at radius 1 is 1.04 bits per heavy atom. The van der Waals surface area contributed by atoms with Crippen LogP contribution in [0.25, 0.3) is 0 Å². The first-order valence-electron chi connectivity index (χ1n) is 7.97. The molecule has 140 valence electrons. The van der Waals surface area contributed by atoms with E-state index in [4.69, 9.17) is 8.92 Å². The van der Waals surface area contributed by atoms with Gasteiger partial charge in [-0.25, -0.2) is 0 Å². The lowest BCUT2D eigenvalue weighted by Crippen LogP contribution is -2.34. The average molecular weight is 378 g/mol. The average Bonchev–Trinajstić information content (AvgIpc) is 2.61. The van der Waals surface area contributed by atoms with Crippen molar-refractivity contribution in [3.63, 3.8) is 0 Å². The second-order valence-electron chi connectivity index (χ2n) is 5.67. The minimum atomic E-state index is -3.72. The predicted molar refractivity (Wildman–Crippen MR) is 100.0 cm³/mol. The number of likely N-dealkylation sites (N-methyl/N-ethyl adjacent to an activating group) is 1. The molecule has 1 amide bonds. The third-order valence-corrected chi connectivity index (χ3v) is 4.61. The van der Waals surface area contributed by atoms with Gasteiger partial charge in [-0.1, -0.05) is 18.2 Å². The van der Waals surface area contributed by atoms with E-state index in [1.165, 1.54) is 0 Å². The van der Waals surface area contributed by atoms with Crippen LogP contribution in [0.4, 0.5) is 5.69 Å². The van der Waals surface area contributed by atoms with Crippen LogP contribution in [-0.2, 0) is 14.9 Å². The molecular formula is C18H22N2O5S. The first-order valence-corrected chi connectivity index (χ1v) is 9.55. The van der Waals surface area contributed by atoms with Crippen molar-refractivity contribution in [2.24, 2.45) is 0 Å². The van der Waals surface area contributed by atoms with Crippen molar-refractivity contribution in [1.29, 1.82) is 0 Å². The number of nitrogens with one attached hydrogen (secondary N) is 1. The molecule has 0 unspecified atom stereocenters. The third-order valence-electron chi connectivity index (χ3n) is 3.48. The maximum absolute atomic E-state index is 12.0. The van der Waals surface area contributed by atoms with Gasteiger partial charge in [-0.3, -0.25) is 9.69 Å². The van der Waals surface area contributed by atoms with Crippen molar-refractivity contribution in [2.45, 2.75) is 0 Å². The molecule has 2 aromatic carbocycles. The summed E-state index contributed by atoms with van der Waals surface area (Å²) in [7, 11) is -0.480. The number of nitrogens with zero attached hydrogens (tertiary/aromatic N) is 1.